The summed E-state index contributed by atoms with van der Waals surface area (Å²) in [5, 5.41) is 0.942. The molecule has 4 rings (SSSR count). The van der Waals surface area contributed by atoms with E-state index in [-0.39, 0.29) is 22.3 Å². The average Bonchev–Trinajstić information content (AvgIpc) is 2.61. The number of carbonyl (C=O) groups is 1. The molecule has 0 aliphatic carbocycles. The number of para-hydroxylation sites is 1. The quantitative estimate of drug-likeness (QED) is 0.456. The minimum atomic E-state index is -0.349. The van der Waals surface area contributed by atoms with Gasteiger partial charge in [0.05, 0.1) is 16.6 Å². The summed E-state index contributed by atoms with van der Waals surface area (Å²) in [5.74, 6) is -0.302. The van der Waals surface area contributed by atoms with Crippen molar-refractivity contribution >= 4 is 27.7 Å². The number of carbonyl (C=O) groups excluding carboxylic acids is 1. The first-order chi connectivity index (χ1) is 11.2. The molecule has 0 aliphatic heterocycles. The summed E-state index contributed by atoms with van der Waals surface area (Å²) in [7, 11) is 0. The Balaban J connectivity index is 1.96. The van der Waals surface area contributed by atoms with Crippen LogP contribution in [0.5, 0.6) is 0 Å². The lowest BCUT2D eigenvalue weighted by molar-refractivity contribution is 0.103. The Hall–Kier alpha value is -3.27. The van der Waals surface area contributed by atoms with Gasteiger partial charge in [-0.1, -0.05) is 48.5 Å². The van der Waals surface area contributed by atoms with Crippen molar-refractivity contribution in [2.75, 3.05) is 0 Å². The molecule has 4 nitrogen and oxygen atoms in total. The van der Waals surface area contributed by atoms with Gasteiger partial charge >= 0.3 is 0 Å². The predicted octanol–water partition coefficient (Wildman–Crippen LogP) is 3.31. The third-order valence-electron chi connectivity index (χ3n) is 3.84. The van der Waals surface area contributed by atoms with E-state index in [0.29, 0.717) is 11.1 Å². The zero-order valence-electron chi connectivity index (χ0n) is 12.1. The number of hydrogen-bond acceptors (Lipinski definition) is 3. The highest BCUT2D eigenvalue weighted by Gasteiger charge is 2.15. The fourth-order valence-corrected chi connectivity index (χ4v) is 2.66. The molecule has 110 valence electrons. The molecule has 0 spiro atoms. The number of aromatic amines is 1. The number of pyridine rings is 2. The van der Waals surface area contributed by atoms with Crippen molar-refractivity contribution < 1.29 is 4.79 Å². The third kappa shape index (κ3) is 2.21. The van der Waals surface area contributed by atoms with Crippen molar-refractivity contribution in [3.8, 4) is 0 Å². The molecule has 1 N–H and O–H groups in total. The summed E-state index contributed by atoms with van der Waals surface area (Å²) in [4.78, 5) is 32.6. The Morgan fingerprint density at radius 1 is 0.957 bits per heavy atom. The van der Waals surface area contributed by atoms with Crippen LogP contribution in [0.2, 0.25) is 0 Å². The first-order valence-corrected chi connectivity index (χ1v) is 7.25. The van der Waals surface area contributed by atoms with Gasteiger partial charge in [0.15, 0.2) is 5.78 Å². The topological polar surface area (TPSA) is 62.8 Å². The number of aromatic nitrogens is 2. The van der Waals surface area contributed by atoms with Crippen molar-refractivity contribution in [2.45, 2.75) is 0 Å². The average molecular weight is 300 g/mol. The molecule has 0 atom stereocenters. The Morgan fingerprint density at radius 3 is 2.52 bits per heavy atom. The maximum atomic E-state index is 12.7. The predicted molar refractivity (Wildman–Crippen MR) is 89.7 cm³/mol. The van der Waals surface area contributed by atoms with Crippen molar-refractivity contribution in [3.05, 3.63) is 88.2 Å². The van der Waals surface area contributed by atoms with E-state index in [4.69, 9.17) is 0 Å². The number of hydrogen-bond donors (Lipinski definition) is 1. The second kappa shape index (κ2) is 5.18. The van der Waals surface area contributed by atoms with Crippen LogP contribution in [0.1, 0.15) is 15.9 Å². The van der Waals surface area contributed by atoms with Gasteiger partial charge in [0.1, 0.15) is 5.52 Å². The van der Waals surface area contributed by atoms with Crippen LogP contribution in [0.4, 0.5) is 0 Å². The molecule has 23 heavy (non-hydrogen) atoms. The molecule has 4 heteroatoms. The van der Waals surface area contributed by atoms with Crippen LogP contribution in [0.3, 0.4) is 0 Å². The highest BCUT2D eigenvalue weighted by atomic mass is 16.1. The molecular formula is C19H12N2O2. The van der Waals surface area contributed by atoms with E-state index in [0.717, 1.165) is 10.9 Å². The number of H-pyrrole nitrogens is 1. The standard InChI is InChI=1S/C19H12N2O2/c22-18(12-6-2-1-3-7-12)14-11-20-16-10-13-8-4-5-9-15(13)21-17(16)19(14)23/h1-11H,(H,20,23). The van der Waals surface area contributed by atoms with Gasteiger partial charge in [0.25, 0.3) is 0 Å². The van der Waals surface area contributed by atoms with Crippen LogP contribution in [0.25, 0.3) is 21.9 Å². The van der Waals surface area contributed by atoms with Crippen molar-refractivity contribution in [1.29, 1.82) is 0 Å². The summed E-state index contributed by atoms with van der Waals surface area (Å²) >= 11 is 0. The molecule has 0 unspecified atom stereocenters. The number of fused-ring (bicyclic) bond motifs is 2. The van der Waals surface area contributed by atoms with Crippen LogP contribution in [-0.2, 0) is 0 Å². The summed E-state index contributed by atoms with van der Waals surface area (Å²) in [5.41, 5.74) is 1.88. The maximum absolute atomic E-state index is 12.7. The van der Waals surface area contributed by atoms with Gasteiger partial charge in [-0.15, -0.1) is 0 Å². The molecule has 4 aromatic rings. The first-order valence-electron chi connectivity index (χ1n) is 7.25. The molecule has 2 aromatic carbocycles. The van der Waals surface area contributed by atoms with Crippen molar-refractivity contribution in [2.24, 2.45) is 0 Å². The SMILES string of the molecule is O=C(c1ccccc1)c1c[nH]c2cc3ccccc3nc2c1=O. The summed E-state index contributed by atoms with van der Waals surface area (Å²) in [6, 6.07) is 18.2. The van der Waals surface area contributed by atoms with E-state index >= 15 is 0 Å². The maximum Gasteiger partial charge on any atom is 0.218 e. The number of ketones is 1. The number of rotatable bonds is 2. The van der Waals surface area contributed by atoms with Gasteiger partial charge in [0, 0.05) is 17.1 Å². The van der Waals surface area contributed by atoms with Crippen LogP contribution in [-0.4, -0.2) is 15.8 Å². The molecular weight excluding hydrogens is 288 g/mol. The zero-order chi connectivity index (χ0) is 15.8. The van der Waals surface area contributed by atoms with Crippen molar-refractivity contribution in [1.82, 2.24) is 9.97 Å². The van der Waals surface area contributed by atoms with Crippen LogP contribution in [0.15, 0.2) is 71.7 Å². The van der Waals surface area contributed by atoms with Crippen LogP contribution < -0.4 is 5.43 Å². The second-order valence-electron chi connectivity index (χ2n) is 5.30. The number of nitrogens with zero attached hydrogens (tertiary/aromatic N) is 1. The van der Waals surface area contributed by atoms with E-state index in [1.807, 2.05) is 36.4 Å². The minimum absolute atomic E-state index is 0.103. The zero-order valence-corrected chi connectivity index (χ0v) is 12.1. The van der Waals surface area contributed by atoms with Crippen molar-refractivity contribution in [3.63, 3.8) is 0 Å². The minimum Gasteiger partial charge on any atom is -0.359 e. The van der Waals surface area contributed by atoms with E-state index in [9.17, 15) is 9.59 Å². The van der Waals surface area contributed by atoms with E-state index < -0.39 is 0 Å². The molecule has 0 amide bonds. The summed E-state index contributed by atoms with van der Waals surface area (Å²) in [6.45, 7) is 0. The van der Waals surface area contributed by atoms with Gasteiger partial charge in [-0.05, 0) is 12.1 Å². The highest BCUT2D eigenvalue weighted by Crippen LogP contribution is 2.16. The third-order valence-corrected chi connectivity index (χ3v) is 3.84. The molecule has 0 fully saturated rings. The van der Waals surface area contributed by atoms with E-state index in [1.54, 1.807) is 24.3 Å². The summed E-state index contributed by atoms with van der Waals surface area (Å²) < 4.78 is 0. The normalized spacial score (nSPS) is 11.0. The smallest absolute Gasteiger partial charge is 0.218 e. The lowest BCUT2D eigenvalue weighted by Crippen LogP contribution is -2.17. The highest BCUT2D eigenvalue weighted by molar-refractivity contribution is 6.10. The Kier molecular flexibility index (Phi) is 3.01. The lowest BCUT2D eigenvalue weighted by atomic mass is 10.0. The fourth-order valence-electron chi connectivity index (χ4n) is 2.66. The number of benzene rings is 2. The largest absolute Gasteiger partial charge is 0.359 e. The van der Waals surface area contributed by atoms with Gasteiger partial charge < -0.3 is 4.98 Å². The monoisotopic (exact) mass is 300 g/mol. The Labute approximate surface area is 131 Å². The molecule has 0 saturated carbocycles. The number of nitrogens with one attached hydrogen (secondary N) is 1. The molecule has 0 saturated heterocycles. The van der Waals surface area contributed by atoms with Crippen LogP contribution >= 0.6 is 0 Å². The first kappa shape index (κ1) is 13.4. The molecule has 0 radical (unpaired) electrons. The molecule has 2 heterocycles. The van der Waals surface area contributed by atoms with E-state index in [2.05, 4.69) is 9.97 Å². The van der Waals surface area contributed by atoms with Gasteiger partial charge in [0.2, 0.25) is 5.43 Å². The lowest BCUT2D eigenvalue weighted by Gasteiger charge is -2.04. The second-order valence-corrected chi connectivity index (χ2v) is 5.30. The Morgan fingerprint density at radius 2 is 1.70 bits per heavy atom. The molecule has 0 aliphatic rings. The van der Waals surface area contributed by atoms with E-state index in [1.165, 1.54) is 6.20 Å². The molecule has 2 aromatic heterocycles. The molecule has 0 bridgehead atoms. The fraction of sp³-hybridized carbons (Fsp3) is 0. The Bertz CT molecular complexity index is 1100. The van der Waals surface area contributed by atoms with Gasteiger partial charge in [-0.3, -0.25) is 9.59 Å². The van der Waals surface area contributed by atoms with Gasteiger partial charge in [-0.25, -0.2) is 4.98 Å². The van der Waals surface area contributed by atoms with Crippen LogP contribution in [0, 0.1) is 0 Å². The summed E-state index contributed by atoms with van der Waals surface area (Å²) in [6.07, 6.45) is 1.47. The van der Waals surface area contributed by atoms with Gasteiger partial charge in [-0.2, -0.15) is 0 Å².